The van der Waals surface area contributed by atoms with Gasteiger partial charge < -0.3 is 5.73 Å². The first-order valence-electron chi connectivity index (χ1n) is 3.92. The molecule has 5 heteroatoms. The first kappa shape index (κ1) is 10.7. The van der Waals surface area contributed by atoms with Crippen molar-refractivity contribution in [2.75, 3.05) is 12.3 Å². The second kappa shape index (κ2) is 4.26. The van der Waals surface area contributed by atoms with Crippen LogP contribution in [0.15, 0.2) is 41.8 Å². The maximum absolute atomic E-state index is 11.4. The summed E-state index contributed by atoms with van der Waals surface area (Å²) in [5, 5.41) is 0. The van der Waals surface area contributed by atoms with E-state index in [-0.39, 0.29) is 11.5 Å². The topological polar surface area (TPSA) is 69.4 Å². The molecule has 0 atom stereocenters. The predicted octanol–water partition coefficient (Wildman–Crippen LogP) is 1.16. The van der Waals surface area contributed by atoms with Gasteiger partial charge in [-0.2, -0.15) is 8.42 Å². The minimum absolute atomic E-state index is 0.0350. The van der Waals surface area contributed by atoms with Crippen LogP contribution in [0.1, 0.15) is 0 Å². The zero-order valence-corrected chi connectivity index (χ0v) is 8.33. The lowest BCUT2D eigenvalue weighted by Gasteiger charge is -2.03. The van der Waals surface area contributed by atoms with Gasteiger partial charge in [0.05, 0.1) is 11.5 Å². The Bertz CT molecular complexity index is 408. The summed E-state index contributed by atoms with van der Waals surface area (Å²) in [6.45, 7) is 3.33. The summed E-state index contributed by atoms with van der Waals surface area (Å²) in [4.78, 5) is 0.0913. The predicted molar refractivity (Wildman–Crippen MR) is 54.2 cm³/mol. The molecular weight excluding hydrogens is 202 g/mol. The molecule has 0 heterocycles. The normalized spacial score (nSPS) is 11.1. The van der Waals surface area contributed by atoms with Gasteiger partial charge in [-0.1, -0.05) is 6.08 Å². The molecule has 0 aliphatic rings. The minimum Gasteiger partial charge on any atom is -0.399 e. The Morgan fingerprint density at radius 3 is 2.43 bits per heavy atom. The van der Waals surface area contributed by atoms with E-state index in [1.54, 1.807) is 0 Å². The SMILES string of the molecule is C=CCOS(=O)(=O)c1ccc(N)cc1. The average Bonchev–Trinajstić information content (AvgIpc) is 2.16. The molecule has 0 aliphatic carbocycles. The van der Waals surface area contributed by atoms with Crippen molar-refractivity contribution in [3.05, 3.63) is 36.9 Å². The van der Waals surface area contributed by atoms with Crippen LogP contribution in [-0.2, 0) is 14.3 Å². The molecule has 76 valence electrons. The van der Waals surface area contributed by atoms with Gasteiger partial charge in [0.15, 0.2) is 0 Å². The Labute approximate surface area is 83.1 Å². The largest absolute Gasteiger partial charge is 0.399 e. The Kier molecular flexibility index (Phi) is 3.27. The van der Waals surface area contributed by atoms with Gasteiger partial charge in [-0.15, -0.1) is 6.58 Å². The molecule has 1 aromatic rings. The van der Waals surface area contributed by atoms with E-state index in [0.29, 0.717) is 5.69 Å². The number of hydrogen-bond acceptors (Lipinski definition) is 4. The van der Waals surface area contributed by atoms with Crippen LogP contribution >= 0.6 is 0 Å². The molecule has 0 unspecified atom stereocenters. The van der Waals surface area contributed by atoms with E-state index in [4.69, 9.17) is 5.73 Å². The van der Waals surface area contributed by atoms with E-state index in [1.807, 2.05) is 0 Å². The van der Waals surface area contributed by atoms with Crippen LogP contribution in [0.3, 0.4) is 0 Å². The smallest absolute Gasteiger partial charge is 0.297 e. The van der Waals surface area contributed by atoms with E-state index < -0.39 is 10.1 Å². The maximum Gasteiger partial charge on any atom is 0.297 e. The van der Waals surface area contributed by atoms with Crippen molar-refractivity contribution in [2.45, 2.75) is 4.90 Å². The molecule has 0 amide bonds. The first-order chi connectivity index (χ1) is 6.56. The molecule has 4 nitrogen and oxygen atoms in total. The zero-order valence-electron chi connectivity index (χ0n) is 7.51. The molecule has 0 bridgehead atoms. The number of benzene rings is 1. The quantitative estimate of drug-likeness (QED) is 0.463. The average molecular weight is 213 g/mol. The molecule has 0 saturated carbocycles. The van der Waals surface area contributed by atoms with Crippen molar-refractivity contribution in [1.82, 2.24) is 0 Å². The highest BCUT2D eigenvalue weighted by Gasteiger charge is 2.13. The molecule has 2 N–H and O–H groups in total. The number of rotatable bonds is 4. The number of anilines is 1. The highest BCUT2D eigenvalue weighted by atomic mass is 32.2. The van der Waals surface area contributed by atoms with Gasteiger partial charge in [0.1, 0.15) is 0 Å². The van der Waals surface area contributed by atoms with Crippen LogP contribution in [0.4, 0.5) is 5.69 Å². The van der Waals surface area contributed by atoms with E-state index in [0.717, 1.165) is 0 Å². The summed E-state index contributed by atoms with van der Waals surface area (Å²) in [5.41, 5.74) is 5.93. The second-order valence-corrected chi connectivity index (χ2v) is 4.21. The lowest BCUT2D eigenvalue weighted by Crippen LogP contribution is -2.06. The maximum atomic E-state index is 11.4. The molecule has 0 aliphatic heterocycles. The molecule has 1 rings (SSSR count). The Balaban J connectivity index is 2.93. The van der Waals surface area contributed by atoms with Gasteiger partial charge in [-0.25, -0.2) is 0 Å². The summed E-state index contributed by atoms with van der Waals surface area (Å²) in [7, 11) is -3.67. The van der Waals surface area contributed by atoms with E-state index in [9.17, 15) is 8.42 Å². The Morgan fingerprint density at radius 1 is 1.36 bits per heavy atom. The second-order valence-electron chi connectivity index (χ2n) is 2.60. The van der Waals surface area contributed by atoms with Gasteiger partial charge in [0.25, 0.3) is 10.1 Å². The fourth-order valence-corrected chi connectivity index (χ4v) is 1.72. The van der Waals surface area contributed by atoms with Crippen molar-refractivity contribution in [2.24, 2.45) is 0 Å². The van der Waals surface area contributed by atoms with Crippen molar-refractivity contribution < 1.29 is 12.6 Å². The van der Waals surface area contributed by atoms with Crippen LogP contribution in [0.25, 0.3) is 0 Å². The van der Waals surface area contributed by atoms with Gasteiger partial charge in [0, 0.05) is 5.69 Å². The van der Waals surface area contributed by atoms with Gasteiger partial charge in [-0.3, -0.25) is 4.18 Å². The fraction of sp³-hybridized carbons (Fsp3) is 0.111. The summed E-state index contributed by atoms with van der Waals surface area (Å²) in [6.07, 6.45) is 1.37. The van der Waals surface area contributed by atoms with E-state index in [2.05, 4.69) is 10.8 Å². The Morgan fingerprint density at radius 2 is 1.93 bits per heavy atom. The molecule has 0 spiro atoms. The van der Waals surface area contributed by atoms with Crippen molar-refractivity contribution in [3.8, 4) is 0 Å². The van der Waals surface area contributed by atoms with Gasteiger partial charge in [0.2, 0.25) is 0 Å². The molecular formula is C9H11NO3S. The summed E-state index contributed by atoms with van der Waals surface area (Å²) in [6, 6.07) is 5.80. The minimum atomic E-state index is -3.67. The van der Waals surface area contributed by atoms with E-state index in [1.165, 1.54) is 30.3 Å². The van der Waals surface area contributed by atoms with Crippen LogP contribution in [0.5, 0.6) is 0 Å². The van der Waals surface area contributed by atoms with Crippen molar-refractivity contribution in [3.63, 3.8) is 0 Å². The third-order valence-electron chi connectivity index (χ3n) is 1.51. The molecule has 1 aromatic carbocycles. The highest BCUT2D eigenvalue weighted by Crippen LogP contribution is 2.13. The van der Waals surface area contributed by atoms with Gasteiger partial charge in [-0.05, 0) is 24.3 Å². The highest BCUT2D eigenvalue weighted by molar-refractivity contribution is 7.86. The monoisotopic (exact) mass is 213 g/mol. The summed E-state index contributed by atoms with van der Waals surface area (Å²) >= 11 is 0. The zero-order chi connectivity index (χ0) is 10.6. The Hall–Kier alpha value is -1.33. The lowest BCUT2D eigenvalue weighted by atomic mass is 10.3. The summed E-state index contributed by atoms with van der Waals surface area (Å²) in [5.74, 6) is 0. The molecule has 14 heavy (non-hydrogen) atoms. The number of hydrogen-bond donors (Lipinski definition) is 1. The molecule has 0 aromatic heterocycles. The van der Waals surface area contributed by atoms with E-state index >= 15 is 0 Å². The van der Waals surface area contributed by atoms with Crippen LogP contribution < -0.4 is 5.73 Å². The van der Waals surface area contributed by atoms with Crippen LogP contribution in [0.2, 0.25) is 0 Å². The molecule has 0 radical (unpaired) electrons. The third kappa shape index (κ3) is 2.58. The number of nitrogen functional groups attached to an aromatic ring is 1. The van der Waals surface area contributed by atoms with Crippen molar-refractivity contribution >= 4 is 15.8 Å². The number of nitrogens with two attached hydrogens (primary N) is 1. The van der Waals surface area contributed by atoms with Crippen LogP contribution in [-0.4, -0.2) is 15.0 Å². The van der Waals surface area contributed by atoms with Gasteiger partial charge >= 0.3 is 0 Å². The first-order valence-corrected chi connectivity index (χ1v) is 5.33. The third-order valence-corrected chi connectivity index (χ3v) is 2.81. The lowest BCUT2D eigenvalue weighted by molar-refractivity contribution is 0.357. The fourth-order valence-electron chi connectivity index (χ4n) is 0.840. The molecule has 0 fully saturated rings. The standard InChI is InChI=1S/C9H11NO3S/c1-2-7-13-14(11,12)9-5-3-8(10)4-6-9/h2-6H,1,7,10H2. The molecule has 0 saturated heterocycles. The van der Waals surface area contributed by atoms with Crippen LogP contribution in [0, 0.1) is 0 Å². The van der Waals surface area contributed by atoms with Crippen molar-refractivity contribution in [1.29, 1.82) is 0 Å². The summed E-state index contributed by atoms with van der Waals surface area (Å²) < 4.78 is 27.4.